The summed E-state index contributed by atoms with van der Waals surface area (Å²) in [7, 11) is 0. The average molecular weight is 296 g/mol. The first-order valence-corrected chi connectivity index (χ1v) is 6.86. The van der Waals surface area contributed by atoms with Crippen molar-refractivity contribution in [3.05, 3.63) is 22.1 Å². The van der Waals surface area contributed by atoms with Crippen LogP contribution in [0, 0.1) is 0 Å². The molecule has 2 aromatic heterocycles. The predicted octanol–water partition coefficient (Wildman–Crippen LogP) is 0.0743. The SMILES string of the molecule is CC1CN(c2nn3c(=O)c(C(=O)O)cnc3s2)CCO1. The minimum absolute atomic E-state index is 0.0926. The highest BCUT2D eigenvalue weighted by Crippen LogP contribution is 2.23. The van der Waals surface area contributed by atoms with Gasteiger partial charge in [0, 0.05) is 13.1 Å². The molecule has 3 rings (SSSR count). The van der Waals surface area contributed by atoms with Crippen LogP contribution in [0.2, 0.25) is 0 Å². The van der Waals surface area contributed by atoms with Crippen LogP contribution in [0.3, 0.4) is 0 Å². The third-order valence-corrected chi connectivity index (χ3v) is 4.00. The summed E-state index contributed by atoms with van der Waals surface area (Å²) in [5.74, 6) is -1.30. The molecule has 0 aromatic carbocycles. The van der Waals surface area contributed by atoms with E-state index in [9.17, 15) is 9.59 Å². The molecule has 2 aromatic rings. The molecule has 0 saturated carbocycles. The summed E-state index contributed by atoms with van der Waals surface area (Å²) in [6, 6.07) is 0. The molecule has 1 aliphatic heterocycles. The minimum atomic E-state index is -1.30. The zero-order valence-corrected chi connectivity index (χ0v) is 11.5. The Bertz CT molecular complexity index is 725. The van der Waals surface area contributed by atoms with Crippen molar-refractivity contribution in [2.45, 2.75) is 13.0 Å². The van der Waals surface area contributed by atoms with Gasteiger partial charge in [0.1, 0.15) is 5.56 Å². The second-order valence-corrected chi connectivity index (χ2v) is 5.42. The largest absolute Gasteiger partial charge is 0.477 e. The van der Waals surface area contributed by atoms with Crippen molar-refractivity contribution in [1.82, 2.24) is 14.6 Å². The van der Waals surface area contributed by atoms with Crippen LogP contribution in [-0.2, 0) is 4.74 Å². The van der Waals surface area contributed by atoms with Gasteiger partial charge in [-0.3, -0.25) is 4.79 Å². The van der Waals surface area contributed by atoms with Crippen molar-refractivity contribution >= 4 is 27.4 Å². The lowest BCUT2D eigenvalue weighted by atomic mass is 10.3. The first-order valence-electron chi connectivity index (χ1n) is 6.05. The molecule has 0 amide bonds. The van der Waals surface area contributed by atoms with E-state index in [1.807, 2.05) is 11.8 Å². The Balaban J connectivity index is 2.04. The molecule has 0 spiro atoms. The lowest BCUT2D eigenvalue weighted by Crippen LogP contribution is -2.41. The fourth-order valence-corrected chi connectivity index (χ4v) is 2.94. The van der Waals surface area contributed by atoms with Gasteiger partial charge >= 0.3 is 5.97 Å². The van der Waals surface area contributed by atoms with Gasteiger partial charge in [0.05, 0.1) is 18.9 Å². The molecule has 1 aliphatic rings. The standard InChI is InChI=1S/C11H12N4O4S/c1-6-5-14(2-3-19-6)11-13-15-8(16)7(9(17)18)4-12-10(15)20-11/h4,6H,2-3,5H2,1H3,(H,17,18). The zero-order chi connectivity index (χ0) is 14.3. The zero-order valence-electron chi connectivity index (χ0n) is 10.6. The van der Waals surface area contributed by atoms with E-state index in [1.165, 1.54) is 11.3 Å². The third-order valence-electron chi connectivity index (χ3n) is 3.02. The predicted molar refractivity (Wildman–Crippen MR) is 71.7 cm³/mol. The number of anilines is 1. The van der Waals surface area contributed by atoms with Gasteiger partial charge in [-0.05, 0) is 6.92 Å². The Morgan fingerprint density at radius 1 is 1.60 bits per heavy atom. The molecule has 1 N–H and O–H groups in total. The molecule has 1 atom stereocenters. The maximum absolute atomic E-state index is 12.0. The van der Waals surface area contributed by atoms with Gasteiger partial charge < -0.3 is 14.7 Å². The van der Waals surface area contributed by atoms with Crippen molar-refractivity contribution in [1.29, 1.82) is 0 Å². The summed E-state index contributed by atoms with van der Waals surface area (Å²) in [6.07, 6.45) is 1.17. The van der Waals surface area contributed by atoms with Crippen molar-refractivity contribution in [2.75, 3.05) is 24.6 Å². The number of fused-ring (bicyclic) bond motifs is 1. The number of aromatic nitrogens is 3. The van der Waals surface area contributed by atoms with E-state index in [-0.39, 0.29) is 11.7 Å². The van der Waals surface area contributed by atoms with Gasteiger partial charge in [-0.2, -0.15) is 4.52 Å². The summed E-state index contributed by atoms with van der Waals surface area (Å²) in [5, 5.41) is 13.7. The molecule has 1 saturated heterocycles. The van der Waals surface area contributed by atoms with Crippen LogP contribution in [0.5, 0.6) is 0 Å². The van der Waals surface area contributed by atoms with Crippen LogP contribution in [0.25, 0.3) is 4.96 Å². The Hall–Kier alpha value is -2.00. The maximum Gasteiger partial charge on any atom is 0.343 e. The van der Waals surface area contributed by atoms with Crippen LogP contribution in [0.15, 0.2) is 11.0 Å². The Kier molecular flexibility index (Phi) is 3.14. The summed E-state index contributed by atoms with van der Waals surface area (Å²) >= 11 is 1.26. The van der Waals surface area contributed by atoms with E-state index in [2.05, 4.69) is 10.1 Å². The number of aromatic carboxylic acids is 1. The van der Waals surface area contributed by atoms with Gasteiger partial charge in [0.2, 0.25) is 10.1 Å². The van der Waals surface area contributed by atoms with E-state index < -0.39 is 11.5 Å². The Morgan fingerprint density at radius 2 is 2.40 bits per heavy atom. The number of ether oxygens (including phenoxy) is 1. The molecule has 0 bridgehead atoms. The first kappa shape index (κ1) is 13.0. The Labute approximate surface area is 117 Å². The molecule has 3 heterocycles. The van der Waals surface area contributed by atoms with Crippen LogP contribution in [-0.4, -0.2) is 51.5 Å². The number of morpholine rings is 1. The highest BCUT2D eigenvalue weighted by Gasteiger charge is 2.22. The monoisotopic (exact) mass is 296 g/mol. The lowest BCUT2D eigenvalue weighted by Gasteiger charge is -2.30. The highest BCUT2D eigenvalue weighted by molar-refractivity contribution is 7.20. The lowest BCUT2D eigenvalue weighted by molar-refractivity contribution is 0.0531. The van der Waals surface area contributed by atoms with Gasteiger partial charge in [-0.15, -0.1) is 5.10 Å². The highest BCUT2D eigenvalue weighted by atomic mass is 32.1. The molecule has 8 nitrogen and oxygen atoms in total. The number of hydrogen-bond donors (Lipinski definition) is 1. The Morgan fingerprint density at radius 3 is 3.10 bits per heavy atom. The average Bonchev–Trinajstić information content (AvgIpc) is 2.83. The normalized spacial score (nSPS) is 19.4. The van der Waals surface area contributed by atoms with Crippen molar-refractivity contribution in [3.8, 4) is 0 Å². The van der Waals surface area contributed by atoms with Crippen molar-refractivity contribution in [2.24, 2.45) is 0 Å². The maximum atomic E-state index is 12.0. The van der Waals surface area contributed by atoms with Crippen LogP contribution >= 0.6 is 11.3 Å². The topological polar surface area (TPSA) is 97.0 Å². The minimum Gasteiger partial charge on any atom is -0.477 e. The van der Waals surface area contributed by atoms with Crippen LogP contribution in [0.1, 0.15) is 17.3 Å². The smallest absolute Gasteiger partial charge is 0.343 e. The summed E-state index contributed by atoms with van der Waals surface area (Å²) in [5.41, 5.74) is -1.04. The number of carboxylic acid groups (broad SMARTS) is 1. The van der Waals surface area contributed by atoms with Gasteiger partial charge in [0.25, 0.3) is 5.56 Å². The van der Waals surface area contributed by atoms with Crippen LogP contribution < -0.4 is 10.5 Å². The quantitative estimate of drug-likeness (QED) is 0.837. The van der Waals surface area contributed by atoms with Gasteiger partial charge in [0.15, 0.2) is 0 Å². The van der Waals surface area contributed by atoms with E-state index >= 15 is 0 Å². The molecular weight excluding hydrogens is 284 g/mol. The second-order valence-electron chi connectivity index (χ2n) is 4.49. The second kappa shape index (κ2) is 4.84. The molecule has 20 heavy (non-hydrogen) atoms. The van der Waals surface area contributed by atoms with Gasteiger partial charge in [-0.1, -0.05) is 11.3 Å². The number of carbonyl (C=O) groups is 1. The number of hydrogen-bond acceptors (Lipinski definition) is 7. The molecule has 1 fully saturated rings. The van der Waals surface area contributed by atoms with E-state index in [0.717, 1.165) is 10.7 Å². The summed E-state index contributed by atoms with van der Waals surface area (Å²) in [6.45, 7) is 3.93. The number of rotatable bonds is 2. The van der Waals surface area contributed by atoms with E-state index in [0.29, 0.717) is 29.8 Å². The fraction of sp³-hybridized carbons (Fsp3) is 0.455. The number of carboxylic acids is 1. The molecule has 9 heteroatoms. The molecule has 106 valence electrons. The summed E-state index contributed by atoms with van der Waals surface area (Å²) < 4.78 is 6.50. The van der Waals surface area contributed by atoms with Crippen molar-refractivity contribution in [3.63, 3.8) is 0 Å². The summed E-state index contributed by atoms with van der Waals surface area (Å²) in [4.78, 5) is 29.3. The van der Waals surface area contributed by atoms with Crippen LogP contribution in [0.4, 0.5) is 5.13 Å². The molecular formula is C11H12N4O4S. The van der Waals surface area contributed by atoms with E-state index in [4.69, 9.17) is 9.84 Å². The first-order chi connectivity index (χ1) is 9.56. The van der Waals surface area contributed by atoms with E-state index in [1.54, 1.807) is 0 Å². The van der Waals surface area contributed by atoms with Crippen molar-refractivity contribution < 1.29 is 14.6 Å². The number of nitrogens with zero attached hydrogens (tertiary/aromatic N) is 4. The fourth-order valence-electron chi connectivity index (χ4n) is 2.04. The van der Waals surface area contributed by atoms with Gasteiger partial charge in [-0.25, -0.2) is 9.78 Å². The molecule has 0 aliphatic carbocycles. The molecule has 0 radical (unpaired) electrons. The molecule has 1 unspecified atom stereocenters. The third kappa shape index (κ3) is 2.14.